The molecule has 0 radical (unpaired) electrons. The van der Waals surface area contributed by atoms with E-state index < -0.39 is 6.36 Å². The Morgan fingerprint density at radius 3 is 2.28 bits per heavy atom. The van der Waals surface area contributed by atoms with Crippen LogP contribution in [0, 0.1) is 0 Å². The van der Waals surface area contributed by atoms with Crippen molar-refractivity contribution >= 4 is 17.3 Å². The van der Waals surface area contributed by atoms with Gasteiger partial charge in [-0.05, 0) is 49.2 Å². The maximum Gasteiger partial charge on any atom is 0.573 e. The number of hydrogen-bond acceptors (Lipinski definition) is 3. The van der Waals surface area contributed by atoms with Crippen molar-refractivity contribution in [2.75, 3.05) is 23.3 Å². The Kier molecular flexibility index (Phi) is 4.83. The van der Waals surface area contributed by atoms with Crippen LogP contribution in [0.2, 0.25) is 0 Å². The highest BCUT2D eigenvalue weighted by Gasteiger charge is 2.31. The van der Waals surface area contributed by atoms with Gasteiger partial charge in [0.1, 0.15) is 5.75 Å². The van der Waals surface area contributed by atoms with Gasteiger partial charge in [-0.2, -0.15) is 0 Å². The second kappa shape index (κ2) is 7.04. The van der Waals surface area contributed by atoms with Crippen molar-refractivity contribution in [2.24, 2.45) is 0 Å². The van der Waals surface area contributed by atoms with E-state index in [9.17, 15) is 18.0 Å². The molecule has 1 heterocycles. The number of nitrogens with one attached hydrogen (secondary N) is 1. The molecule has 3 rings (SSSR count). The van der Waals surface area contributed by atoms with Gasteiger partial charge in [-0.25, -0.2) is 0 Å². The first-order chi connectivity index (χ1) is 11.9. The third kappa shape index (κ3) is 4.43. The summed E-state index contributed by atoms with van der Waals surface area (Å²) in [4.78, 5) is 14.7. The molecule has 0 aromatic heterocycles. The Bertz CT molecular complexity index is 739. The normalized spacial score (nSPS) is 14.4. The van der Waals surface area contributed by atoms with Gasteiger partial charge in [0.05, 0.1) is 5.56 Å². The number of alkyl halides is 3. The maximum atomic E-state index is 12.6. The summed E-state index contributed by atoms with van der Waals surface area (Å²) < 4.78 is 40.3. The van der Waals surface area contributed by atoms with Crippen LogP contribution in [0.4, 0.5) is 24.5 Å². The number of nitrogens with zero attached hydrogens (tertiary/aromatic N) is 1. The summed E-state index contributed by atoms with van der Waals surface area (Å²) in [6.45, 7) is 1.82. The average Bonchev–Trinajstić information content (AvgIpc) is 3.10. The Morgan fingerprint density at radius 2 is 1.64 bits per heavy atom. The van der Waals surface area contributed by atoms with Crippen molar-refractivity contribution in [3.63, 3.8) is 0 Å². The Labute approximate surface area is 143 Å². The summed E-state index contributed by atoms with van der Waals surface area (Å²) in [5.74, 6) is -0.630. The fourth-order valence-corrected chi connectivity index (χ4v) is 2.84. The molecular formula is C18H17F3N2O2. The maximum absolute atomic E-state index is 12.6. The molecule has 7 heteroatoms. The van der Waals surface area contributed by atoms with Crippen molar-refractivity contribution in [3.05, 3.63) is 54.1 Å². The molecule has 0 spiro atoms. The van der Waals surface area contributed by atoms with Gasteiger partial charge < -0.3 is 15.0 Å². The number of benzene rings is 2. The standard InChI is InChI=1S/C18H17F3N2O2/c19-18(20,21)25-14-9-7-13(8-10-14)22-17(24)15-5-1-2-6-16(15)23-11-3-4-12-23/h1-2,5-10H,3-4,11-12H2,(H,22,24). The molecular weight excluding hydrogens is 333 g/mol. The molecule has 1 aliphatic heterocycles. The number of rotatable bonds is 4. The summed E-state index contributed by atoms with van der Waals surface area (Å²) in [6.07, 6.45) is -2.55. The molecule has 0 atom stereocenters. The third-order valence-electron chi connectivity index (χ3n) is 3.94. The number of amides is 1. The van der Waals surface area contributed by atoms with E-state index in [1.807, 2.05) is 12.1 Å². The quantitative estimate of drug-likeness (QED) is 0.886. The second-order valence-electron chi connectivity index (χ2n) is 5.74. The van der Waals surface area contributed by atoms with E-state index in [4.69, 9.17) is 0 Å². The van der Waals surface area contributed by atoms with Crippen LogP contribution in [0.1, 0.15) is 23.2 Å². The number of anilines is 2. The Hall–Kier alpha value is -2.70. The predicted molar refractivity (Wildman–Crippen MR) is 89.0 cm³/mol. The van der Waals surface area contributed by atoms with E-state index in [1.165, 1.54) is 12.1 Å². The van der Waals surface area contributed by atoms with Crippen molar-refractivity contribution in [3.8, 4) is 5.75 Å². The van der Waals surface area contributed by atoms with Gasteiger partial charge in [0.2, 0.25) is 0 Å². The van der Waals surface area contributed by atoms with Gasteiger partial charge >= 0.3 is 6.36 Å². The van der Waals surface area contributed by atoms with Gasteiger partial charge in [-0.15, -0.1) is 13.2 Å². The van der Waals surface area contributed by atoms with Crippen LogP contribution in [0.25, 0.3) is 0 Å². The highest BCUT2D eigenvalue weighted by molar-refractivity contribution is 6.08. The second-order valence-corrected chi connectivity index (χ2v) is 5.74. The molecule has 132 valence electrons. The van der Waals surface area contributed by atoms with Crippen LogP contribution in [-0.4, -0.2) is 25.4 Å². The molecule has 0 unspecified atom stereocenters. The van der Waals surface area contributed by atoms with E-state index in [-0.39, 0.29) is 11.7 Å². The van der Waals surface area contributed by atoms with E-state index in [1.54, 1.807) is 12.1 Å². The fourth-order valence-electron chi connectivity index (χ4n) is 2.84. The zero-order valence-electron chi connectivity index (χ0n) is 13.3. The topological polar surface area (TPSA) is 41.6 Å². The number of carbonyl (C=O) groups is 1. The predicted octanol–water partition coefficient (Wildman–Crippen LogP) is 4.44. The van der Waals surface area contributed by atoms with Gasteiger partial charge in [0.15, 0.2) is 0 Å². The molecule has 0 bridgehead atoms. The van der Waals surface area contributed by atoms with Crippen molar-refractivity contribution in [1.29, 1.82) is 0 Å². The summed E-state index contributed by atoms with van der Waals surface area (Å²) in [5.41, 5.74) is 1.81. The lowest BCUT2D eigenvalue weighted by Crippen LogP contribution is -2.22. The number of hydrogen-bond donors (Lipinski definition) is 1. The molecule has 2 aromatic rings. The fraction of sp³-hybridized carbons (Fsp3) is 0.278. The number of carbonyl (C=O) groups excluding carboxylic acids is 1. The Balaban J connectivity index is 1.72. The summed E-state index contributed by atoms with van der Waals surface area (Å²) in [5, 5.41) is 2.71. The first-order valence-corrected chi connectivity index (χ1v) is 7.93. The zero-order valence-corrected chi connectivity index (χ0v) is 13.3. The molecule has 1 aliphatic rings. The van der Waals surface area contributed by atoms with Gasteiger partial charge in [-0.3, -0.25) is 4.79 Å². The summed E-state index contributed by atoms with van der Waals surface area (Å²) in [6, 6.07) is 12.4. The zero-order chi connectivity index (χ0) is 17.9. The lowest BCUT2D eigenvalue weighted by atomic mass is 10.1. The lowest BCUT2D eigenvalue weighted by Gasteiger charge is -2.21. The number of para-hydroxylation sites is 1. The van der Waals surface area contributed by atoms with E-state index in [0.717, 1.165) is 43.8 Å². The largest absolute Gasteiger partial charge is 0.573 e. The Morgan fingerprint density at radius 1 is 1.00 bits per heavy atom. The summed E-state index contributed by atoms with van der Waals surface area (Å²) in [7, 11) is 0. The minimum absolute atomic E-state index is 0.299. The van der Waals surface area contributed by atoms with Crippen molar-refractivity contribution in [1.82, 2.24) is 0 Å². The molecule has 0 saturated carbocycles. The van der Waals surface area contributed by atoms with E-state index in [2.05, 4.69) is 15.0 Å². The molecule has 1 N–H and O–H groups in total. The smallest absolute Gasteiger partial charge is 0.406 e. The van der Waals surface area contributed by atoms with Crippen molar-refractivity contribution < 1.29 is 22.7 Å². The van der Waals surface area contributed by atoms with Crippen LogP contribution >= 0.6 is 0 Å². The minimum atomic E-state index is -4.74. The molecule has 2 aromatic carbocycles. The van der Waals surface area contributed by atoms with Crippen LogP contribution in [0.5, 0.6) is 5.75 Å². The average molecular weight is 350 g/mol. The first kappa shape index (κ1) is 17.1. The number of halogens is 3. The molecule has 1 saturated heterocycles. The van der Waals surface area contributed by atoms with Crippen LogP contribution in [-0.2, 0) is 0 Å². The SMILES string of the molecule is O=C(Nc1ccc(OC(F)(F)F)cc1)c1ccccc1N1CCCC1. The van der Waals surface area contributed by atoms with Gasteiger partial charge in [0.25, 0.3) is 5.91 Å². The molecule has 25 heavy (non-hydrogen) atoms. The molecule has 1 fully saturated rings. The van der Waals surface area contributed by atoms with Crippen LogP contribution in [0.3, 0.4) is 0 Å². The molecule has 0 aliphatic carbocycles. The monoisotopic (exact) mass is 350 g/mol. The highest BCUT2D eigenvalue weighted by atomic mass is 19.4. The third-order valence-corrected chi connectivity index (χ3v) is 3.94. The van der Waals surface area contributed by atoms with Crippen LogP contribution in [0.15, 0.2) is 48.5 Å². The van der Waals surface area contributed by atoms with E-state index in [0.29, 0.717) is 11.3 Å². The highest BCUT2D eigenvalue weighted by Crippen LogP contribution is 2.27. The minimum Gasteiger partial charge on any atom is -0.406 e. The van der Waals surface area contributed by atoms with Gasteiger partial charge in [0, 0.05) is 24.5 Å². The first-order valence-electron chi connectivity index (χ1n) is 7.93. The van der Waals surface area contributed by atoms with Crippen molar-refractivity contribution in [2.45, 2.75) is 19.2 Å². The molecule has 1 amide bonds. The van der Waals surface area contributed by atoms with E-state index >= 15 is 0 Å². The van der Waals surface area contributed by atoms with Gasteiger partial charge in [-0.1, -0.05) is 12.1 Å². The lowest BCUT2D eigenvalue weighted by molar-refractivity contribution is -0.274. The number of ether oxygens (including phenoxy) is 1. The van der Waals surface area contributed by atoms with Crippen LogP contribution < -0.4 is 15.0 Å². The molecule has 4 nitrogen and oxygen atoms in total. The summed E-state index contributed by atoms with van der Waals surface area (Å²) >= 11 is 0.